The highest BCUT2D eigenvalue weighted by Gasteiger charge is 2.19. The highest BCUT2D eigenvalue weighted by molar-refractivity contribution is 9.10. The van der Waals surface area contributed by atoms with Gasteiger partial charge in [-0.1, -0.05) is 57.4 Å². The zero-order valence-electron chi connectivity index (χ0n) is 11.3. The van der Waals surface area contributed by atoms with E-state index in [1.165, 1.54) is 5.56 Å². The summed E-state index contributed by atoms with van der Waals surface area (Å²) in [6, 6.07) is 12.1. The first-order valence-corrected chi connectivity index (χ1v) is 8.44. The third-order valence-corrected chi connectivity index (χ3v) is 5.29. The number of halogens is 3. The standard InChI is InChI=1S/C16H15Br2ClO/c1-3-20-14-8-7-10(2)9-12(14)15(18)11-5-4-6-13(17)16(11)19/h4-9,15H,3H2,1-2H3. The van der Waals surface area contributed by atoms with Crippen LogP contribution < -0.4 is 4.74 Å². The van der Waals surface area contributed by atoms with Crippen molar-refractivity contribution in [1.29, 1.82) is 0 Å². The Morgan fingerprint density at radius 2 is 1.95 bits per heavy atom. The van der Waals surface area contributed by atoms with Crippen LogP contribution in [0.4, 0.5) is 0 Å². The molecular weight excluding hydrogens is 403 g/mol. The summed E-state index contributed by atoms with van der Waals surface area (Å²) < 4.78 is 6.62. The third kappa shape index (κ3) is 3.38. The molecule has 1 nitrogen and oxygen atoms in total. The molecule has 2 aromatic rings. The number of hydrogen-bond donors (Lipinski definition) is 0. The summed E-state index contributed by atoms with van der Waals surface area (Å²) in [6.45, 7) is 4.70. The van der Waals surface area contributed by atoms with Crippen LogP contribution in [-0.4, -0.2) is 6.61 Å². The fraction of sp³-hybridized carbons (Fsp3) is 0.250. The number of rotatable bonds is 4. The van der Waals surface area contributed by atoms with Crippen LogP contribution in [0.3, 0.4) is 0 Å². The fourth-order valence-electron chi connectivity index (χ4n) is 2.04. The monoisotopic (exact) mass is 416 g/mol. The largest absolute Gasteiger partial charge is 0.494 e. The highest BCUT2D eigenvalue weighted by Crippen LogP contribution is 2.41. The molecule has 0 heterocycles. The summed E-state index contributed by atoms with van der Waals surface area (Å²) in [7, 11) is 0. The quantitative estimate of drug-likeness (QED) is 0.530. The first-order chi connectivity index (χ1) is 9.54. The van der Waals surface area contributed by atoms with Crippen molar-refractivity contribution in [3.05, 3.63) is 62.6 Å². The molecule has 2 aromatic carbocycles. The van der Waals surface area contributed by atoms with Gasteiger partial charge in [0.2, 0.25) is 0 Å². The average molecular weight is 419 g/mol. The van der Waals surface area contributed by atoms with Gasteiger partial charge < -0.3 is 4.74 Å². The summed E-state index contributed by atoms with van der Waals surface area (Å²) in [5.74, 6) is 0.885. The molecule has 0 aromatic heterocycles. The molecule has 0 aliphatic rings. The Morgan fingerprint density at radius 1 is 1.20 bits per heavy atom. The molecule has 0 N–H and O–H groups in total. The lowest BCUT2D eigenvalue weighted by Crippen LogP contribution is -2.01. The molecule has 1 unspecified atom stereocenters. The van der Waals surface area contributed by atoms with Gasteiger partial charge in [0.25, 0.3) is 0 Å². The predicted octanol–water partition coefficient (Wildman–Crippen LogP) is 6.29. The van der Waals surface area contributed by atoms with Crippen molar-refractivity contribution in [2.75, 3.05) is 6.61 Å². The fourth-order valence-corrected chi connectivity index (χ4v) is 3.52. The van der Waals surface area contributed by atoms with E-state index < -0.39 is 0 Å². The van der Waals surface area contributed by atoms with Crippen molar-refractivity contribution in [2.24, 2.45) is 0 Å². The van der Waals surface area contributed by atoms with Crippen molar-refractivity contribution >= 4 is 43.5 Å². The van der Waals surface area contributed by atoms with Gasteiger partial charge in [-0.05, 0) is 47.5 Å². The van der Waals surface area contributed by atoms with E-state index in [9.17, 15) is 0 Å². The lowest BCUT2D eigenvalue weighted by molar-refractivity contribution is 0.337. The van der Waals surface area contributed by atoms with Crippen LogP contribution in [0, 0.1) is 6.92 Å². The van der Waals surface area contributed by atoms with Crippen LogP contribution in [0.5, 0.6) is 5.75 Å². The predicted molar refractivity (Wildman–Crippen MR) is 92.3 cm³/mol. The van der Waals surface area contributed by atoms with Gasteiger partial charge in [0, 0.05) is 10.0 Å². The van der Waals surface area contributed by atoms with Crippen LogP contribution in [0.2, 0.25) is 5.02 Å². The topological polar surface area (TPSA) is 9.23 Å². The third-order valence-electron chi connectivity index (χ3n) is 2.99. The molecule has 0 aliphatic heterocycles. The minimum absolute atomic E-state index is 0.00560. The zero-order chi connectivity index (χ0) is 14.7. The second kappa shape index (κ2) is 6.97. The van der Waals surface area contributed by atoms with E-state index >= 15 is 0 Å². The van der Waals surface area contributed by atoms with E-state index in [0.717, 1.165) is 26.4 Å². The molecule has 0 aliphatic carbocycles. The van der Waals surface area contributed by atoms with Crippen LogP contribution in [-0.2, 0) is 0 Å². The smallest absolute Gasteiger partial charge is 0.123 e. The van der Waals surface area contributed by atoms with E-state index in [4.69, 9.17) is 16.3 Å². The Hall–Kier alpha value is -0.510. The van der Waals surface area contributed by atoms with Gasteiger partial charge >= 0.3 is 0 Å². The lowest BCUT2D eigenvalue weighted by atomic mass is 10.0. The second-order valence-corrected chi connectivity index (χ2v) is 6.63. The van der Waals surface area contributed by atoms with E-state index in [2.05, 4.69) is 50.9 Å². The minimum Gasteiger partial charge on any atom is -0.494 e. The summed E-state index contributed by atoms with van der Waals surface area (Å²) >= 11 is 13.6. The average Bonchev–Trinajstić information content (AvgIpc) is 2.43. The highest BCUT2D eigenvalue weighted by atomic mass is 79.9. The Bertz CT molecular complexity index is 613. The van der Waals surface area contributed by atoms with E-state index in [-0.39, 0.29) is 4.83 Å². The molecule has 0 radical (unpaired) electrons. The maximum atomic E-state index is 6.39. The van der Waals surface area contributed by atoms with Crippen molar-refractivity contribution in [2.45, 2.75) is 18.7 Å². The molecule has 0 spiro atoms. The molecule has 0 fully saturated rings. The second-order valence-electron chi connectivity index (χ2n) is 4.48. The molecule has 0 saturated carbocycles. The molecule has 20 heavy (non-hydrogen) atoms. The van der Waals surface area contributed by atoms with Gasteiger partial charge in [-0.2, -0.15) is 0 Å². The Balaban J connectivity index is 2.49. The van der Waals surface area contributed by atoms with Gasteiger partial charge in [-0.25, -0.2) is 0 Å². The molecule has 0 amide bonds. The number of ether oxygens (including phenoxy) is 1. The van der Waals surface area contributed by atoms with E-state index in [0.29, 0.717) is 6.61 Å². The first kappa shape index (κ1) is 15.9. The maximum Gasteiger partial charge on any atom is 0.123 e. The normalized spacial score (nSPS) is 12.2. The van der Waals surface area contributed by atoms with Crippen LogP contribution in [0.1, 0.15) is 28.4 Å². The minimum atomic E-state index is -0.00560. The zero-order valence-corrected chi connectivity index (χ0v) is 15.2. The summed E-state index contributed by atoms with van der Waals surface area (Å²) in [6.07, 6.45) is 0. The van der Waals surface area contributed by atoms with Crippen molar-refractivity contribution < 1.29 is 4.74 Å². The van der Waals surface area contributed by atoms with E-state index in [1.807, 2.05) is 31.2 Å². The molecule has 2 rings (SSSR count). The SMILES string of the molecule is CCOc1ccc(C)cc1C(Br)c1cccc(Br)c1Cl. The molecule has 106 valence electrons. The Labute approximate surface area is 141 Å². The molecule has 0 saturated heterocycles. The van der Waals surface area contributed by atoms with Gasteiger partial charge in [-0.3, -0.25) is 0 Å². The van der Waals surface area contributed by atoms with Gasteiger partial charge in [0.15, 0.2) is 0 Å². The number of aryl methyl sites for hydroxylation is 1. The molecule has 0 bridgehead atoms. The van der Waals surface area contributed by atoms with Crippen LogP contribution in [0.15, 0.2) is 40.9 Å². The number of benzene rings is 2. The van der Waals surface area contributed by atoms with E-state index in [1.54, 1.807) is 0 Å². The van der Waals surface area contributed by atoms with Crippen LogP contribution >= 0.6 is 43.5 Å². The summed E-state index contributed by atoms with van der Waals surface area (Å²) in [5, 5.41) is 0.721. The van der Waals surface area contributed by atoms with Gasteiger partial charge in [0.1, 0.15) is 5.75 Å². The summed E-state index contributed by atoms with van der Waals surface area (Å²) in [4.78, 5) is -0.00560. The molecule has 1 atom stereocenters. The van der Waals surface area contributed by atoms with Crippen molar-refractivity contribution in [3.8, 4) is 5.75 Å². The number of hydrogen-bond acceptors (Lipinski definition) is 1. The van der Waals surface area contributed by atoms with Crippen molar-refractivity contribution in [3.63, 3.8) is 0 Å². The lowest BCUT2D eigenvalue weighted by Gasteiger charge is -2.18. The molecular formula is C16H15Br2ClO. The van der Waals surface area contributed by atoms with Gasteiger partial charge in [-0.15, -0.1) is 0 Å². The first-order valence-electron chi connectivity index (χ1n) is 6.36. The maximum absolute atomic E-state index is 6.39. The van der Waals surface area contributed by atoms with Crippen LogP contribution in [0.25, 0.3) is 0 Å². The van der Waals surface area contributed by atoms with Gasteiger partial charge in [0.05, 0.1) is 16.5 Å². The van der Waals surface area contributed by atoms with Crippen molar-refractivity contribution in [1.82, 2.24) is 0 Å². The Morgan fingerprint density at radius 3 is 2.65 bits per heavy atom. The molecule has 4 heteroatoms. The summed E-state index contributed by atoms with van der Waals surface area (Å²) in [5.41, 5.74) is 3.30. The number of alkyl halides is 1. The Kier molecular flexibility index (Phi) is 5.53.